The van der Waals surface area contributed by atoms with Gasteiger partial charge < -0.3 is 4.74 Å². The summed E-state index contributed by atoms with van der Waals surface area (Å²) in [6.45, 7) is 6.62. The Labute approximate surface area is 91.8 Å². The van der Waals surface area contributed by atoms with E-state index in [9.17, 15) is 0 Å². The van der Waals surface area contributed by atoms with Crippen molar-refractivity contribution in [3.63, 3.8) is 0 Å². The fourth-order valence-electron chi connectivity index (χ4n) is 2.21. The first-order chi connectivity index (χ1) is 7.30. The SMILES string of the molecule is C=Cc1ccc(C2(OCC)CCC2)cc1. The first-order valence-corrected chi connectivity index (χ1v) is 5.68. The molecule has 0 radical (unpaired) electrons. The minimum atomic E-state index is 0.0223. The molecule has 0 amide bonds. The lowest BCUT2D eigenvalue weighted by molar-refractivity contribution is -0.101. The molecule has 1 fully saturated rings. The molecule has 15 heavy (non-hydrogen) atoms. The van der Waals surface area contributed by atoms with Gasteiger partial charge in [-0.15, -0.1) is 0 Å². The van der Waals surface area contributed by atoms with Gasteiger partial charge in [-0.05, 0) is 37.3 Å². The van der Waals surface area contributed by atoms with Crippen LogP contribution in [0.2, 0.25) is 0 Å². The van der Waals surface area contributed by atoms with Crippen molar-refractivity contribution in [3.8, 4) is 0 Å². The molecule has 80 valence electrons. The summed E-state index contributed by atoms with van der Waals surface area (Å²) < 4.78 is 5.90. The van der Waals surface area contributed by atoms with Crippen molar-refractivity contribution < 1.29 is 4.74 Å². The van der Waals surface area contributed by atoms with Crippen LogP contribution in [0.3, 0.4) is 0 Å². The van der Waals surface area contributed by atoms with Gasteiger partial charge in [0, 0.05) is 6.61 Å². The van der Waals surface area contributed by atoms with Gasteiger partial charge in [0.25, 0.3) is 0 Å². The minimum absolute atomic E-state index is 0.0223. The van der Waals surface area contributed by atoms with Crippen molar-refractivity contribution >= 4 is 6.08 Å². The highest BCUT2D eigenvalue weighted by molar-refractivity contribution is 5.48. The maximum absolute atomic E-state index is 5.90. The van der Waals surface area contributed by atoms with E-state index >= 15 is 0 Å². The monoisotopic (exact) mass is 202 g/mol. The third-order valence-electron chi connectivity index (χ3n) is 3.25. The molecule has 0 bridgehead atoms. The van der Waals surface area contributed by atoms with E-state index in [0.29, 0.717) is 0 Å². The van der Waals surface area contributed by atoms with Crippen LogP contribution in [-0.2, 0) is 10.3 Å². The zero-order valence-corrected chi connectivity index (χ0v) is 9.33. The molecule has 1 nitrogen and oxygen atoms in total. The van der Waals surface area contributed by atoms with E-state index in [1.165, 1.54) is 17.5 Å². The average molecular weight is 202 g/mol. The van der Waals surface area contributed by atoms with Crippen LogP contribution in [0.15, 0.2) is 30.8 Å². The van der Waals surface area contributed by atoms with Crippen molar-refractivity contribution in [3.05, 3.63) is 42.0 Å². The Morgan fingerprint density at radius 2 is 2.00 bits per heavy atom. The quantitative estimate of drug-likeness (QED) is 0.722. The van der Waals surface area contributed by atoms with Crippen molar-refractivity contribution in [2.75, 3.05) is 6.61 Å². The van der Waals surface area contributed by atoms with Gasteiger partial charge in [0.05, 0.1) is 5.60 Å². The Hall–Kier alpha value is -1.08. The molecular weight excluding hydrogens is 184 g/mol. The van der Waals surface area contributed by atoms with Crippen molar-refractivity contribution in [1.29, 1.82) is 0 Å². The van der Waals surface area contributed by atoms with Gasteiger partial charge in [0.1, 0.15) is 0 Å². The predicted molar refractivity (Wildman–Crippen MR) is 63.7 cm³/mol. The number of hydrogen-bond acceptors (Lipinski definition) is 1. The van der Waals surface area contributed by atoms with Crippen LogP contribution >= 0.6 is 0 Å². The second kappa shape index (κ2) is 4.19. The molecule has 0 saturated heterocycles. The van der Waals surface area contributed by atoms with E-state index in [-0.39, 0.29) is 5.60 Å². The van der Waals surface area contributed by atoms with Crippen LogP contribution in [0.5, 0.6) is 0 Å². The maximum atomic E-state index is 5.90. The normalized spacial score (nSPS) is 18.2. The molecule has 0 atom stereocenters. The third kappa shape index (κ3) is 1.84. The van der Waals surface area contributed by atoms with Crippen LogP contribution in [0.25, 0.3) is 6.08 Å². The van der Waals surface area contributed by atoms with Gasteiger partial charge in [-0.2, -0.15) is 0 Å². The largest absolute Gasteiger partial charge is 0.371 e. The zero-order valence-electron chi connectivity index (χ0n) is 9.33. The van der Waals surface area contributed by atoms with Crippen LogP contribution in [0, 0.1) is 0 Å². The fraction of sp³-hybridized carbons (Fsp3) is 0.429. The molecule has 0 unspecified atom stereocenters. The number of rotatable bonds is 4. The van der Waals surface area contributed by atoms with E-state index < -0.39 is 0 Å². The number of benzene rings is 1. The summed E-state index contributed by atoms with van der Waals surface area (Å²) in [6, 6.07) is 8.57. The molecule has 1 aliphatic rings. The molecule has 1 aromatic carbocycles. The van der Waals surface area contributed by atoms with Crippen molar-refractivity contribution in [2.24, 2.45) is 0 Å². The Balaban J connectivity index is 2.23. The molecule has 2 rings (SSSR count). The predicted octanol–water partition coefficient (Wildman–Crippen LogP) is 3.75. The first-order valence-electron chi connectivity index (χ1n) is 5.68. The van der Waals surface area contributed by atoms with E-state index in [1.807, 2.05) is 6.08 Å². The summed E-state index contributed by atoms with van der Waals surface area (Å²) in [6.07, 6.45) is 5.48. The van der Waals surface area contributed by atoms with E-state index in [2.05, 4.69) is 37.8 Å². The van der Waals surface area contributed by atoms with Crippen molar-refractivity contribution in [2.45, 2.75) is 31.8 Å². The van der Waals surface area contributed by atoms with Crippen LogP contribution < -0.4 is 0 Å². The number of ether oxygens (including phenoxy) is 1. The molecule has 0 heterocycles. The van der Waals surface area contributed by atoms with Crippen molar-refractivity contribution in [1.82, 2.24) is 0 Å². The highest BCUT2D eigenvalue weighted by atomic mass is 16.5. The molecule has 1 saturated carbocycles. The molecule has 0 N–H and O–H groups in total. The number of hydrogen-bond donors (Lipinski definition) is 0. The standard InChI is InChI=1S/C14H18O/c1-3-12-6-8-13(9-7-12)14(15-4-2)10-5-11-14/h3,6-9H,1,4-5,10-11H2,2H3. The minimum Gasteiger partial charge on any atom is -0.371 e. The highest BCUT2D eigenvalue weighted by Gasteiger charge is 2.39. The zero-order chi connectivity index (χ0) is 10.7. The van der Waals surface area contributed by atoms with Gasteiger partial charge in [0.15, 0.2) is 0 Å². The Kier molecular flexibility index (Phi) is 2.92. The Morgan fingerprint density at radius 1 is 1.33 bits per heavy atom. The topological polar surface area (TPSA) is 9.23 Å². The van der Waals surface area contributed by atoms with Gasteiger partial charge in [-0.25, -0.2) is 0 Å². The van der Waals surface area contributed by atoms with Crippen LogP contribution in [-0.4, -0.2) is 6.61 Å². The summed E-state index contributed by atoms with van der Waals surface area (Å²) in [5.41, 5.74) is 2.51. The van der Waals surface area contributed by atoms with Gasteiger partial charge in [-0.3, -0.25) is 0 Å². The van der Waals surface area contributed by atoms with E-state index in [1.54, 1.807) is 0 Å². The lowest BCUT2D eigenvalue weighted by Crippen LogP contribution is -2.37. The fourth-order valence-corrected chi connectivity index (χ4v) is 2.21. The van der Waals surface area contributed by atoms with Gasteiger partial charge in [0.2, 0.25) is 0 Å². The highest BCUT2D eigenvalue weighted by Crippen LogP contribution is 2.44. The molecule has 1 aromatic rings. The molecule has 0 spiro atoms. The Bertz CT molecular complexity index is 333. The molecule has 0 aromatic heterocycles. The van der Waals surface area contributed by atoms with E-state index in [0.717, 1.165) is 19.4 Å². The van der Waals surface area contributed by atoms with Gasteiger partial charge in [-0.1, -0.05) is 36.9 Å². The summed E-state index contributed by atoms with van der Waals surface area (Å²) >= 11 is 0. The third-order valence-corrected chi connectivity index (χ3v) is 3.25. The van der Waals surface area contributed by atoms with Crippen LogP contribution in [0.1, 0.15) is 37.3 Å². The first kappa shape index (κ1) is 10.4. The molecule has 1 heteroatoms. The lowest BCUT2D eigenvalue weighted by Gasteiger charge is -2.42. The summed E-state index contributed by atoms with van der Waals surface area (Å²) in [7, 11) is 0. The molecular formula is C14H18O. The molecule has 0 aliphatic heterocycles. The summed E-state index contributed by atoms with van der Waals surface area (Å²) in [5.74, 6) is 0. The maximum Gasteiger partial charge on any atom is 0.0931 e. The summed E-state index contributed by atoms with van der Waals surface area (Å²) in [5, 5.41) is 0. The second-order valence-corrected chi connectivity index (χ2v) is 4.11. The van der Waals surface area contributed by atoms with Gasteiger partial charge >= 0.3 is 0 Å². The van der Waals surface area contributed by atoms with E-state index in [4.69, 9.17) is 4.74 Å². The lowest BCUT2D eigenvalue weighted by atomic mass is 9.74. The van der Waals surface area contributed by atoms with Crippen LogP contribution in [0.4, 0.5) is 0 Å². The summed E-state index contributed by atoms with van der Waals surface area (Å²) in [4.78, 5) is 0. The second-order valence-electron chi connectivity index (χ2n) is 4.11. The smallest absolute Gasteiger partial charge is 0.0931 e. The molecule has 1 aliphatic carbocycles. The Morgan fingerprint density at radius 3 is 2.40 bits per heavy atom. The average Bonchev–Trinajstić information content (AvgIpc) is 2.24.